The summed E-state index contributed by atoms with van der Waals surface area (Å²) in [5.41, 5.74) is 0. The second-order valence-electron chi connectivity index (χ2n) is 0.513. The second-order valence-corrected chi connectivity index (χ2v) is 1.54. The third-order valence-electron chi connectivity index (χ3n) is 0. The number of phosphoric acid groups is 1. The van der Waals surface area contributed by atoms with Crippen molar-refractivity contribution in [3.8, 4) is 0 Å². The van der Waals surface area contributed by atoms with Gasteiger partial charge in [-0.1, -0.05) is 0 Å². The van der Waals surface area contributed by atoms with E-state index in [4.69, 9.17) is 19.2 Å². The van der Waals surface area contributed by atoms with Crippen LogP contribution in [0.25, 0.3) is 0 Å². The molecule has 0 rings (SSSR count). The normalized spacial score (nSPS) is 7.38. The van der Waals surface area contributed by atoms with E-state index >= 15 is 0 Å². The summed E-state index contributed by atoms with van der Waals surface area (Å²) >= 11 is 0. The number of rotatable bonds is 0. The van der Waals surface area contributed by atoms with Crippen LogP contribution in [0.2, 0.25) is 0 Å². The van der Waals surface area contributed by atoms with Crippen LogP contribution in [0, 0.1) is 0 Å². The summed E-state index contributed by atoms with van der Waals surface area (Å²) in [4.78, 5) is 21.6. The van der Waals surface area contributed by atoms with Gasteiger partial charge in [-0.2, -0.15) is 0 Å². The van der Waals surface area contributed by atoms with Gasteiger partial charge in [0.1, 0.15) is 0 Å². The van der Waals surface area contributed by atoms with Gasteiger partial charge in [0.05, 0.1) is 0 Å². The van der Waals surface area contributed by atoms with Crippen LogP contribution in [0.1, 0.15) is 0 Å². The first-order valence-electron chi connectivity index (χ1n) is 0.783. The topological polar surface area (TPSA) is 77.8 Å². The summed E-state index contributed by atoms with van der Waals surface area (Å²) in [6, 6.07) is 0. The monoisotopic (exact) mass is 214 g/mol. The molecule has 0 radical (unpaired) electrons. The molecule has 0 aliphatic rings. The van der Waals surface area contributed by atoms with Gasteiger partial charge >= 0.3 is 59.2 Å². The molecule has 0 heterocycles. The predicted octanol–water partition coefficient (Wildman–Crippen LogP) is -1.43. The first-order chi connectivity index (χ1) is 2.00. The average Bonchev–Trinajstić information content (AvgIpc) is 0.722. The van der Waals surface area contributed by atoms with Gasteiger partial charge in [-0.25, -0.2) is 4.57 Å². The Balaban J connectivity index is -0.0000000267. The molecule has 0 spiro atoms. The molecule has 0 saturated carbocycles. The molecule has 50 valence electrons. The van der Waals surface area contributed by atoms with Crippen molar-refractivity contribution in [1.29, 1.82) is 0 Å². The predicted molar refractivity (Wildman–Crippen MR) is 23.9 cm³/mol. The van der Waals surface area contributed by atoms with Gasteiger partial charge in [0.2, 0.25) is 0 Å². The molecule has 0 aromatic carbocycles. The van der Waals surface area contributed by atoms with E-state index in [1.54, 1.807) is 0 Å². The number of halogens is 1. The summed E-state index contributed by atoms with van der Waals surface area (Å²) in [5, 5.41) is 0. The minimum absolute atomic E-state index is 0. The van der Waals surface area contributed by atoms with E-state index in [1.807, 2.05) is 0 Å². The molecule has 0 bridgehead atoms. The fourth-order valence-electron chi connectivity index (χ4n) is 0. The van der Waals surface area contributed by atoms with Crippen LogP contribution in [0.15, 0.2) is 0 Å². The number of hydrogen-bond acceptors (Lipinski definition) is 1. The summed E-state index contributed by atoms with van der Waals surface area (Å²) < 4.78 is 8.88. The standard InChI is InChI=1S/FH.Fe.K.H3O4P.H/c;;;1-5(2,3)4;/h1H;;;(H3,1,2,3,4);. The van der Waals surface area contributed by atoms with Crippen molar-refractivity contribution in [1.82, 2.24) is 0 Å². The molecule has 0 atom stereocenters. The van der Waals surface area contributed by atoms with Crippen molar-refractivity contribution in [2.45, 2.75) is 0 Å². The molecule has 0 amide bonds. The van der Waals surface area contributed by atoms with Gasteiger partial charge in [0, 0.05) is 17.1 Å². The minimum atomic E-state index is -4.64. The van der Waals surface area contributed by atoms with Gasteiger partial charge in [0.15, 0.2) is 0 Å². The quantitative estimate of drug-likeness (QED) is 0.341. The van der Waals surface area contributed by atoms with Gasteiger partial charge < -0.3 is 14.7 Å². The third-order valence-corrected chi connectivity index (χ3v) is 0. The number of hydrogen-bond donors (Lipinski definition) is 3. The molecule has 0 aliphatic carbocycles. The average molecular weight is 214 g/mol. The summed E-state index contributed by atoms with van der Waals surface area (Å²) in [6.07, 6.45) is 0. The molecule has 8 heavy (non-hydrogen) atoms. The summed E-state index contributed by atoms with van der Waals surface area (Å²) in [5.74, 6) is 0. The van der Waals surface area contributed by atoms with Crippen LogP contribution in [0.4, 0.5) is 4.70 Å². The molecular weight excluding hydrogens is 209 g/mol. The van der Waals surface area contributed by atoms with Crippen molar-refractivity contribution >= 4 is 59.2 Å². The van der Waals surface area contributed by atoms with Crippen molar-refractivity contribution < 1.29 is 41.0 Å². The van der Waals surface area contributed by atoms with Gasteiger partial charge in [-0.05, 0) is 0 Å². The maximum absolute atomic E-state index is 8.88. The van der Waals surface area contributed by atoms with E-state index in [0.717, 1.165) is 0 Å². The van der Waals surface area contributed by atoms with Crippen molar-refractivity contribution in [3.63, 3.8) is 0 Å². The second kappa shape index (κ2) is 9.20. The Morgan fingerprint density at radius 2 is 1.12 bits per heavy atom. The molecule has 8 heteroatoms. The Morgan fingerprint density at radius 3 is 1.12 bits per heavy atom. The Morgan fingerprint density at radius 1 is 1.12 bits per heavy atom. The van der Waals surface area contributed by atoms with Gasteiger partial charge in [-0.15, -0.1) is 0 Å². The van der Waals surface area contributed by atoms with Crippen molar-refractivity contribution in [2.75, 3.05) is 0 Å². The van der Waals surface area contributed by atoms with Crippen LogP contribution in [-0.2, 0) is 21.6 Å². The summed E-state index contributed by atoms with van der Waals surface area (Å²) in [6.45, 7) is 0. The molecule has 0 aromatic heterocycles. The van der Waals surface area contributed by atoms with E-state index in [9.17, 15) is 0 Å². The zero-order valence-corrected chi connectivity index (χ0v) is 4.96. The third kappa shape index (κ3) is 88.0. The van der Waals surface area contributed by atoms with E-state index in [2.05, 4.69) is 0 Å². The molecule has 3 N–H and O–H groups in total. The van der Waals surface area contributed by atoms with E-state index < -0.39 is 7.82 Å². The zero-order chi connectivity index (χ0) is 4.50. The van der Waals surface area contributed by atoms with Crippen molar-refractivity contribution in [2.24, 2.45) is 0 Å². The van der Waals surface area contributed by atoms with Crippen LogP contribution in [0.5, 0.6) is 0 Å². The fourth-order valence-corrected chi connectivity index (χ4v) is 0. The van der Waals surface area contributed by atoms with Crippen LogP contribution in [0.3, 0.4) is 0 Å². The maximum atomic E-state index is 8.88. The van der Waals surface area contributed by atoms with E-state index in [0.29, 0.717) is 0 Å². The first-order valence-corrected chi connectivity index (χ1v) is 2.35. The SMILES string of the molecule is F.O=P(O)(O)O.[Fe].[KH]. The molecule has 0 saturated heterocycles. The Kier molecular flexibility index (Phi) is 25.8. The fraction of sp³-hybridized carbons (Fsp3) is 0. The van der Waals surface area contributed by atoms with Gasteiger partial charge in [0.25, 0.3) is 0 Å². The molecule has 0 aliphatic heterocycles. The van der Waals surface area contributed by atoms with Crippen LogP contribution < -0.4 is 0 Å². The van der Waals surface area contributed by atoms with Crippen LogP contribution >= 0.6 is 7.82 Å². The first kappa shape index (κ1) is 22.5. The van der Waals surface area contributed by atoms with E-state index in [-0.39, 0.29) is 73.2 Å². The summed E-state index contributed by atoms with van der Waals surface area (Å²) in [7, 11) is -4.64. The molecule has 0 aromatic rings. The molecule has 0 unspecified atom stereocenters. The Bertz CT molecular complexity index is 62.2. The van der Waals surface area contributed by atoms with Crippen molar-refractivity contribution in [3.05, 3.63) is 0 Å². The zero-order valence-electron chi connectivity index (χ0n) is 2.96. The molecule has 4 nitrogen and oxygen atoms in total. The molecular formula is H5FFeKO4P. The van der Waals surface area contributed by atoms with E-state index in [1.165, 1.54) is 0 Å². The Labute approximate surface area is 98.6 Å². The molecule has 0 fully saturated rings. The van der Waals surface area contributed by atoms with Crippen LogP contribution in [-0.4, -0.2) is 66.1 Å². The van der Waals surface area contributed by atoms with Gasteiger partial charge in [-0.3, -0.25) is 4.70 Å². The Hall–Kier alpha value is 2.20.